The Balaban J connectivity index is 1.21. The lowest BCUT2D eigenvalue weighted by molar-refractivity contribution is -0.197. The highest BCUT2D eigenvalue weighted by molar-refractivity contribution is 5.90. The van der Waals surface area contributed by atoms with Crippen LogP contribution in [0, 0.1) is 51.8 Å². The Morgan fingerprint density at radius 2 is 1.96 bits per heavy atom. The molecule has 3 saturated carbocycles. The predicted octanol–water partition coefficient (Wildman–Crippen LogP) is 6.48. The molecule has 3 heterocycles. The third-order valence-electron chi connectivity index (χ3n) is 13.9. The Bertz CT molecular complexity index is 1290. The fourth-order valence-corrected chi connectivity index (χ4v) is 12.1. The topological polar surface area (TPSA) is 83.0 Å². The van der Waals surface area contributed by atoms with Gasteiger partial charge in [-0.1, -0.05) is 71.1 Å². The number of rotatable bonds is 11. The fraction of sp³-hybridized carbons (Fsp3) is 0.763. The highest BCUT2D eigenvalue weighted by atomic mass is 16.5. The number of carboxylic acids is 1. The first-order valence-corrected chi connectivity index (χ1v) is 18.2. The Hall–Kier alpha value is -2.25. The number of carboxylic acid groups (broad SMARTS) is 1. The molecule has 6 aliphatic rings. The Labute approximate surface area is 270 Å². The molecule has 7 nitrogen and oxygen atoms in total. The molecular weight excluding hydrogens is 562 g/mol. The molecule has 4 aliphatic carbocycles. The number of piperazine rings is 1. The summed E-state index contributed by atoms with van der Waals surface area (Å²) in [6.07, 6.45) is 14.6. The predicted molar refractivity (Wildman–Crippen MR) is 176 cm³/mol. The molecule has 0 amide bonds. The number of hydrogen-bond acceptors (Lipinski definition) is 6. The summed E-state index contributed by atoms with van der Waals surface area (Å²) >= 11 is 0. The summed E-state index contributed by atoms with van der Waals surface area (Å²) in [5.41, 5.74) is -1.51. The lowest BCUT2D eigenvalue weighted by atomic mass is 9.41. The van der Waals surface area contributed by atoms with Gasteiger partial charge in [0.05, 0.1) is 17.6 Å². The van der Waals surface area contributed by atoms with Crippen LogP contribution in [0.15, 0.2) is 36.0 Å². The molecule has 6 unspecified atom stereocenters. The summed E-state index contributed by atoms with van der Waals surface area (Å²) in [6.45, 7) is 13.7. The van der Waals surface area contributed by atoms with E-state index in [0.717, 1.165) is 82.5 Å². The number of allylic oxidation sites excluding steroid dienone is 1. The monoisotopic (exact) mass is 617 g/mol. The van der Waals surface area contributed by atoms with Gasteiger partial charge in [-0.15, -0.1) is 0 Å². The van der Waals surface area contributed by atoms with Crippen molar-refractivity contribution >= 4 is 18.1 Å². The quantitative estimate of drug-likeness (QED) is 0.173. The third kappa shape index (κ3) is 4.38. The maximum Gasteiger partial charge on any atom is 0.315 e. The minimum atomic E-state index is -1.16. The zero-order chi connectivity index (χ0) is 31.6. The summed E-state index contributed by atoms with van der Waals surface area (Å²) < 4.78 is 7.36. The van der Waals surface area contributed by atoms with E-state index in [1.807, 2.05) is 12.3 Å². The molecule has 2 aliphatic heterocycles. The summed E-state index contributed by atoms with van der Waals surface area (Å²) in [5, 5.41) is 11.5. The van der Waals surface area contributed by atoms with E-state index in [4.69, 9.17) is 4.74 Å². The number of pyridine rings is 1. The first kappa shape index (κ1) is 31.4. The number of aliphatic carboxylic acids is 1. The van der Waals surface area contributed by atoms with Gasteiger partial charge in [0.25, 0.3) is 0 Å². The average molecular weight is 618 g/mol. The number of aromatic nitrogens is 1. The van der Waals surface area contributed by atoms with Gasteiger partial charge in [0.1, 0.15) is 17.5 Å². The average Bonchev–Trinajstić information content (AvgIpc) is 3.75. The van der Waals surface area contributed by atoms with E-state index in [2.05, 4.69) is 60.7 Å². The summed E-state index contributed by atoms with van der Waals surface area (Å²) in [7, 11) is 0. The molecule has 0 aromatic carbocycles. The molecule has 4 bridgehead atoms. The maximum absolute atomic E-state index is 14.1. The molecule has 5 fully saturated rings. The second-order valence-corrected chi connectivity index (χ2v) is 16.0. The third-order valence-corrected chi connectivity index (χ3v) is 13.9. The van der Waals surface area contributed by atoms with Gasteiger partial charge in [-0.2, -0.15) is 0 Å². The van der Waals surface area contributed by atoms with Crippen molar-refractivity contribution in [3.63, 3.8) is 0 Å². The summed E-state index contributed by atoms with van der Waals surface area (Å²) in [4.78, 5) is 37.1. The lowest BCUT2D eigenvalue weighted by Crippen LogP contribution is -2.65. The van der Waals surface area contributed by atoms with E-state index in [0.29, 0.717) is 24.2 Å². The van der Waals surface area contributed by atoms with E-state index >= 15 is 0 Å². The summed E-state index contributed by atoms with van der Waals surface area (Å²) in [6, 6.07) is 6.12. The SMILES string of the molecule is CCCCCC1CC(C23C[C@@H]4[C@H](C)CC[C@H]4C4(C=O)CC2C=C(C(C)C)[C@@]34C(=O)O)OC1CN1CCN(c2ccccn2)CC1. The molecule has 1 aromatic heterocycles. The number of ether oxygens (including phenoxy) is 1. The van der Waals surface area contributed by atoms with Crippen molar-refractivity contribution < 1.29 is 19.4 Å². The van der Waals surface area contributed by atoms with Crippen LogP contribution in [0.2, 0.25) is 0 Å². The van der Waals surface area contributed by atoms with E-state index < -0.39 is 22.2 Å². The van der Waals surface area contributed by atoms with Gasteiger partial charge >= 0.3 is 5.97 Å². The molecule has 10 atom stereocenters. The molecule has 0 radical (unpaired) electrons. The number of anilines is 1. The number of aldehydes is 1. The highest BCUT2D eigenvalue weighted by Gasteiger charge is 2.86. The van der Waals surface area contributed by atoms with Gasteiger partial charge in [0, 0.05) is 44.3 Å². The number of carbonyl (C=O) groups excluding carboxylic acids is 1. The second kappa shape index (κ2) is 11.8. The van der Waals surface area contributed by atoms with E-state index in [1.165, 1.54) is 19.3 Å². The van der Waals surface area contributed by atoms with Crippen molar-refractivity contribution in [1.82, 2.24) is 9.88 Å². The smallest absolute Gasteiger partial charge is 0.315 e. The number of unbranched alkanes of at least 4 members (excludes halogenated alkanes) is 2. The van der Waals surface area contributed by atoms with E-state index in [9.17, 15) is 14.7 Å². The fourth-order valence-electron chi connectivity index (χ4n) is 12.1. The van der Waals surface area contributed by atoms with Crippen LogP contribution in [0.3, 0.4) is 0 Å². The van der Waals surface area contributed by atoms with Gasteiger partial charge in [0.2, 0.25) is 0 Å². The van der Waals surface area contributed by atoms with Gasteiger partial charge < -0.3 is 19.5 Å². The molecule has 2 saturated heterocycles. The Morgan fingerprint density at radius 1 is 1.16 bits per heavy atom. The van der Waals surface area contributed by atoms with Crippen LogP contribution in [0.4, 0.5) is 5.82 Å². The molecule has 1 N–H and O–H groups in total. The van der Waals surface area contributed by atoms with Crippen LogP contribution in [0.1, 0.15) is 85.5 Å². The second-order valence-electron chi connectivity index (χ2n) is 16.0. The standard InChI is InChI=1S/C38H55N3O4/c1-5-6-7-10-27-19-33(45-32(27)23-40-15-17-41(18-16-40)34-11-8-9-14-39-34)37-22-29-26(4)12-13-30(29)36(24-42)21-28(37)20-31(25(2)3)38(36,37)35(43)44/h8-9,11,14,20,24-30,32-33H,5-7,10,12-13,15-19,21-23H2,1-4H3,(H,43,44)/t26-,27?,28?,29-,30-,32?,33?,36?,37?,38+/m1/s1. The molecule has 0 spiro atoms. The maximum atomic E-state index is 14.1. The molecule has 246 valence electrons. The first-order chi connectivity index (χ1) is 21.7. The Morgan fingerprint density at radius 3 is 2.62 bits per heavy atom. The van der Waals surface area contributed by atoms with Crippen LogP contribution in [0.25, 0.3) is 0 Å². The van der Waals surface area contributed by atoms with Crippen molar-refractivity contribution in [1.29, 1.82) is 0 Å². The normalized spacial score (nSPS) is 42.3. The van der Waals surface area contributed by atoms with Crippen molar-refractivity contribution in [2.24, 2.45) is 51.8 Å². The molecular formula is C38H55N3O4. The number of nitrogens with zero attached hydrogens (tertiary/aromatic N) is 3. The van der Waals surface area contributed by atoms with Crippen molar-refractivity contribution in [2.75, 3.05) is 37.6 Å². The van der Waals surface area contributed by atoms with Crippen molar-refractivity contribution in [2.45, 2.75) is 97.7 Å². The zero-order valence-electron chi connectivity index (χ0n) is 28.0. The van der Waals surface area contributed by atoms with Crippen LogP contribution >= 0.6 is 0 Å². The summed E-state index contributed by atoms with van der Waals surface area (Å²) in [5.74, 6) is 1.97. The van der Waals surface area contributed by atoms with Gasteiger partial charge in [-0.25, -0.2) is 4.98 Å². The van der Waals surface area contributed by atoms with E-state index in [-0.39, 0.29) is 30.0 Å². The molecule has 7 rings (SSSR count). The zero-order valence-corrected chi connectivity index (χ0v) is 28.0. The van der Waals surface area contributed by atoms with Gasteiger partial charge in [-0.05, 0) is 79.7 Å². The lowest BCUT2D eigenvalue weighted by Gasteiger charge is -2.60. The molecule has 1 aromatic rings. The molecule has 7 heteroatoms. The largest absolute Gasteiger partial charge is 0.481 e. The minimum absolute atomic E-state index is 0.0911. The van der Waals surface area contributed by atoms with Crippen LogP contribution in [-0.2, 0) is 14.3 Å². The minimum Gasteiger partial charge on any atom is -0.481 e. The number of fused-ring (bicyclic) bond motifs is 2. The van der Waals surface area contributed by atoms with Crippen LogP contribution in [0.5, 0.6) is 0 Å². The number of carbonyl (C=O) groups is 2. The first-order valence-electron chi connectivity index (χ1n) is 18.2. The van der Waals surface area contributed by atoms with Gasteiger partial charge in [0.15, 0.2) is 0 Å². The van der Waals surface area contributed by atoms with Crippen molar-refractivity contribution in [3.8, 4) is 0 Å². The highest BCUT2D eigenvalue weighted by Crippen LogP contribution is 2.84. The van der Waals surface area contributed by atoms with E-state index in [1.54, 1.807) is 0 Å². The molecule has 45 heavy (non-hydrogen) atoms. The van der Waals surface area contributed by atoms with Crippen LogP contribution < -0.4 is 4.90 Å². The van der Waals surface area contributed by atoms with Gasteiger partial charge in [-0.3, -0.25) is 9.69 Å². The number of hydrogen-bond donors (Lipinski definition) is 1. The van der Waals surface area contributed by atoms with Crippen molar-refractivity contribution in [3.05, 3.63) is 36.0 Å². The van der Waals surface area contributed by atoms with Crippen LogP contribution in [-0.4, -0.2) is 72.2 Å². The Kier molecular flexibility index (Phi) is 8.20.